The van der Waals surface area contributed by atoms with E-state index in [1.165, 1.54) is 0 Å². The zero-order chi connectivity index (χ0) is 13.0. The Morgan fingerprint density at radius 1 is 1.50 bits per heavy atom. The highest BCUT2D eigenvalue weighted by Crippen LogP contribution is 2.17. The summed E-state index contributed by atoms with van der Waals surface area (Å²) in [6, 6.07) is 10.1. The molecule has 0 saturated carbocycles. The Bertz CT molecular complexity index is 461. The topological polar surface area (TPSA) is 56.1 Å². The molecule has 0 aromatic heterocycles. The van der Waals surface area contributed by atoms with Gasteiger partial charge < -0.3 is 10.2 Å². The summed E-state index contributed by atoms with van der Waals surface area (Å²) in [6.07, 6.45) is 0.530. The molecule has 0 radical (unpaired) electrons. The van der Waals surface area contributed by atoms with Crippen molar-refractivity contribution in [2.45, 2.75) is 19.4 Å². The summed E-state index contributed by atoms with van der Waals surface area (Å²) < 4.78 is 0. The van der Waals surface area contributed by atoms with Gasteiger partial charge in [-0.05, 0) is 31.2 Å². The van der Waals surface area contributed by atoms with Gasteiger partial charge in [-0.15, -0.1) is 0 Å². The molecule has 94 valence electrons. The van der Waals surface area contributed by atoms with E-state index in [0.717, 1.165) is 30.9 Å². The predicted molar refractivity (Wildman–Crippen MR) is 70.7 cm³/mol. The standard InChI is InChI=1S/C14H17N3O/c1-11(18)12-2-4-14(5-3-12)17-9-8-16-13(10-17)6-7-15/h2-5,13,16H,6,8-10H2,1H3. The SMILES string of the molecule is CC(=O)c1ccc(N2CCNC(CC#N)C2)cc1. The quantitative estimate of drug-likeness (QED) is 0.819. The molecule has 1 unspecified atom stereocenters. The van der Waals surface area contributed by atoms with Gasteiger partial charge in [0.05, 0.1) is 12.5 Å². The Labute approximate surface area is 107 Å². The molecule has 0 bridgehead atoms. The molecule has 1 aromatic carbocycles. The van der Waals surface area contributed by atoms with E-state index in [9.17, 15) is 4.79 Å². The third-order valence-corrected chi connectivity index (χ3v) is 3.23. The number of rotatable bonds is 3. The highest BCUT2D eigenvalue weighted by molar-refractivity contribution is 5.94. The van der Waals surface area contributed by atoms with Crippen LogP contribution in [0.2, 0.25) is 0 Å². The molecule has 0 spiro atoms. The van der Waals surface area contributed by atoms with Gasteiger partial charge >= 0.3 is 0 Å². The third kappa shape index (κ3) is 2.88. The summed E-state index contributed by atoms with van der Waals surface area (Å²) in [5, 5.41) is 12.1. The molecule has 1 heterocycles. The van der Waals surface area contributed by atoms with E-state index < -0.39 is 0 Å². The Morgan fingerprint density at radius 2 is 2.22 bits per heavy atom. The van der Waals surface area contributed by atoms with E-state index in [2.05, 4.69) is 16.3 Å². The molecule has 1 saturated heterocycles. The molecule has 0 aliphatic carbocycles. The van der Waals surface area contributed by atoms with Crippen molar-refractivity contribution < 1.29 is 4.79 Å². The van der Waals surface area contributed by atoms with Gasteiger partial charge in [0.2, 0.25) is 0 Å². The fraction of sp³-hybridized carbons (Fsp3) is 0.429. The van der Waals surface area contributed by atoms with Crippen molar-refractivity contribution in [3.8, 4) is 6.07 Å². The second-order valence-electron chi connectivity index (χ2n) is 4.56. The van der Waals surface area contributed by atoms with Crippen LogP contribution in [-0.4, -0.2) is 31.5 Å². The summed E-state index contributed by atoms with van der Waals surface area (Å²) in [7, 11) is 0. The summed E-state index contributed by atoms with van der Waals surface area (Å²) in [6.45, 7) is 4.23. The zero-order valence-electron chi connectivity index (χ0n) is 10.5. The monoisotopic (exact) mass is 243 g/mol. The number of anilines is 1. The lowest BCUT2D eigenvalue weighted by molar-refractivity contribution is 0.101. The van der Waals surface area contributed by atoms with Crippen LogP contribution in [0.3, 0.4) is 0 Å². The van der Waals surface area contributed by atoms with Crippen LogP contribution < -0.4 is 10.2 Å². The van der Waals surface area contributed by atoms with Gasteiger partial charge in [0.15, 0.2) is 5.78 Å². The number of hydrogen-bond acceptors (Lipinski definition) is 4. The van der Waals surface area contributed by atoms with Gasteiger partial charge in [-0.1, -0.05) is 0 Å². The minimum Gasteiger partial charge on any atom is -0.369 e. The maximum Gasteiger partial charge on any atom is 0.159 e. The van der Waals surface area contributed by atoms with Crippen LogP contribution >= 0.6 is 0 Å². The minimum atomic E-state index is 0.0872. The number of benzene rings is 1. The van der Waals surface area contributed by atoms with E-state index in [0.29, 0.717) is 6.42 Å². The molecule has 1 fully saturated rings. The molecule has 1 aliphatic heterocycles. The van der Waals surface area contributed by atoms with Crippen molar-refractivity contribution >= 4 is 11.5 Å². The van der Waals surface area contributed by atoms with Crippen LogP contribution in [0.4, 0.5) is 5.69 Å². The van der Waals surface area contributed by atoms with Crippen molar-refractivity contribution in [1.29, 1.82) is 5.26 Å². The van der Waals surface area contributed by atoms with Gasteiger partial charge in [0.1, 0.15) is 0 Å². The van der Waals surface area contributed by atoms with Gasteiger partial charge in [0.25, 0.3) is 0 Å². The molecule has 1 aromatic rings. The van der Waals surface area contributed by atoms with Crippen molar-refractivity contribution in [2.24, 2.45) is 0 Å². The number of nitrogens with zero attached hydrogens (tertiary/aromatic N) is 2. The number of piperazine rings is 1. The maximum absolute atomic E-state index is 11.2. The second kappa shape index (κ2) is 5.65. The minimum absolute atomic E-state index is 0.0872. The zero-order valence-corrected chi connectivity index (χ0v) is 10.5. The molecule has 18 heavy (non-hydrogen) atoms. The molecular formula is C14H17N3O. The molecule has 1 N–H and O–H groups in total. The number of nitrogens with one attached hydrogen (secondary N) is 1. The van der Waals surface area contributed by atoms with Crippen LogP contribution in [0.5, 0.6) is 0 Å². The van der Waals surface area contributed by atoms with Gasteiger partial charge in [-0.2, -0.15) is 5.26 Å². The van der Waals surface area contributed by atoms with Crippen LogP contribution in [-0.2, 0) is 0 Å². The summed E-state index contributed by atoms with van der Waals surface area (Å²) in [5.74, 6) is 0.0872. The molecule has 2 rings (SSSR count). The number of carbonyl (C=O) groups excluding carboxylic acids is 1. The lowest BCUT2D eigenvalue weighted by atomic mass is 10.1. The van der Waals surface area contributed by atoms with E-state index >= 15 is 0 Å². The maximum atomic E-state index is 11.2. The highest BCUT2D eigenvalue weighted by atomic mass is 16.1. The van der Waals surface area contributed by atoms with Crippen LogP contribution in [0.25, 0.3) is 0 Å². The van der Waals surface area contributed by atoms with Crippen molar-refractivity contribution in [2.75, 3.05) is 24.5 Å². The first-order valence-corrected chi connectivity index (χ1v) is 6.17. The van der Waals surface area contributed by atoms with Crippen LogP contribution in [0, 0.1) is 11.3 Å². The molecule has 0 amide bonds. The average molecular weight is 243 g/mol. The predicted octanol–water partition coefficient (Wildman–Crippen LogP) is 1.58. The van der Waals surface area contributed by atoms with E-state index in [-0.39, 0.29) is 11.8 Å². The lowest BCUT2D eigenvalue weighted by Crippen LogP contribution is -2.50. The van der Waals surface area contributed by atoms with Crippen LogP contribution in [0.15, 0.2) is 24.3 Å². The van der Waals surface area contributed by atoms with Crippen molar-refractivity contribution in [3.63, 3.8) is 0 Å². The summed E-state index contributed by atoms with van der Waals surface area (Å²) in [4.78, 5) is 13.5. The molecule has 1 aliphatic rings. The van der Waals surface area contributed by atoms with E-state index in [4.69, 9.17) is 5.26 Å². The Balaban J connectivity index is 2.07. The molecular weight excluding hydrogens is 226 g/mol. The number of nitriles is 1. The van der Waals surface area contributed by atoms with Crippen LogP contribution in [0.1, 0.15) is 23.7 Å². The second-order valence-corrected chi connectivity index (χ2v) is 4.56. The average Bonchev–Trinajstić information content (AvgIpc) is 2.39. The van der Waals surface area contributed by atoms with E-state index in [1.54, 1.807) is 6.92 Å². The number of carbonyl (C=O) groups is 1. The smallest absolute Gasteiger partial charge is 0.159 e. The summed E-state index contributed by atoms with van der Waals surface area (Å²) in [5.41, 5.74) is 1.85. The van der Waals surface area contributed by atoms with Gasteiger partial charge in [-0.3, -0.25) is 4.79 Å². The number of hydrogen-bond donors (Lipinski definition) is 1. The fourth-order valence-corrected chi connectivity index (χ4v) is 2.21. The summed E-state index contributed by atoms with van der Waals surface area (Å²) >= 11 is 0. The highest BCUT2D eigenvalue weighted by Gasteiger charge is 2.19. The Morgan fingerprint density at radius 3 is 2.83 bits per heavy atom. The molecule has 4 nitrogen and oxygen atoms in total. The normalized spacial score (nSPS) is 19.3. The van der Waals surface area contributed by atoms with Crippen molar-refractivity contribution in [3.05, 3.63) is 29.8 Å². The largest absolute Gasteiger partial charge is 0.369 e. The fourth-order valence-electron chi connectivity index (χ4n) is 2.21. The number of ketones is 1. The number of Topliss-reactive ketones (excluding diaryl/α,β-unsaturated/α-hetero) is 1. The Kier molecular flexibility index (Phi) is 3.96. The lowest BCUT2D eigenvalue weighted by Gasteiger charge is -2.34. The van der Waals surface area contributed by atoms with E-state index in [1.807, 2.05) is 24.3 Å². The van der Waals surface area contributed by atoms with Gasteiger partial charge in [0, 0.05) is 36.9 Å². The first-order chi connectivity index (χ1) is 8.70. The molecule has 4 heteroatoms. The Hall–Kier alpha value is -1.86. The first-order valence-electron chi connectivity index (χ1n) is 6.17. The first kappa shape index (κ1) is 12.6. The molecule has 1 atom stereocenters. The van der Waals surface area contributed by atoms with Gasteiger partial charge in [-0.25, -0.2) is 0 Å². The third-order valence-electron chi connectivity index (χ3n) is 3.23. The van der Waals surface area contributed by atoms with Crippen molar-refractivity contribution in [1.82, 2.24) is 5.32 Å².